The van der Waals surface area contributed by atoms with Crippen molar-refractivity contribution in [1.29, 1.82) is 0 Å². The Kier molecular flexibility index (Phi) is 6.25. The third kappa shape index (κ3) is 4.47. The van der Waals surface area contributed by atoms with E-state index in [0.29, 0.717) is 5.92 Å². The van der Waals surface area contributed by atoms with Crippen LogP contribution in [0, 0.1) is 11.8 Å². The molecule has 2 rings (SSSR count). The van der Waals surface area contributed by atoms with Gasteiger partial charge in [0.05, 0.1) is 7.11 Å². The fourth-order valence-corrected chi connectivity index (χ4v) is 2.95. The van der Waals surface area contributed by atoms with Crippen LogP contribution in [-0.4, -0.2) is 32.1 Å². The highest BCUT2D eigenvalue weighted by Crippen LogP contribution is 2.22. The van der Waals surface area contributed by atoms with E-state index in [1.54, 1.807) is 7.11 Å². The third-order valence-electron chi connectivity index (χ3n) is 4.47. The number of rotatable bonds is 6. The number of methoxy groups -OCH3 is 1. The van der Waals surface area contributed by atoms with Crippen LogP contribution in [0.2, 0.25) is 0 Å². The van der Waals surface area contributed by atoms with E-state index in [1.807, 2.05) is 18.2 Å². The summed E-state index contributed by atoms with van der Waals surface area (Å²) >= 11 is 0. The maximum absolute atomic E-state index is 12.5. The van der Waals surface area contributed by atoms with Crippen molar-refractivity contribution in [3.63, 3.8) is 0 Å². The SMILES string of the molecule is COc1ccccc1CC(NC(=O)C1CCNCC1)C(C)C. The monoisotopic (exact) mass is 304 g/mol. The van der Waals surface area contributed by atoms with Crippen LogP contribution in [0.5, 0.6) is 5.75 Å². The molecule has 1 aromatic carbocycles. The molecule has 1 unspecified atom stereocenters. The van der Waals surface area contributed by atoms with Crippen LogP contribution in [0.15, 0.2) is 24.3 Å². The zero-order chi connectivity index (χ0) is 15.9. The molecule has 0 saturated carbocycles. The summed E-state index contributed by atoms with van der Waals surface area (Å²) in [5.74, 6) is 1.63. The maximum Gasteiger partial charge on any atom is 0.223 e. The number of benzene rings is 1. The van der Waals surface area contributed by atoms with Gasteiger partial charge in [-0.3, -0.25) is 4.79 Å². The zero-order valence-electron chi connectivity index (χ0n) is 13.9. The van der Waals surface area contributed by atoms with Crippen LogP contribution in [0.1, 0.15) is 32.3 Å². The number of piperidine rings is 1. The molecule has 1 heterocycles. The third-order valence-corrected chi connectivity index (χ3v) is 4.47. The Hall–Kier alpha value is -1.55. The van der Waals surface area contributed by atoms with Crippen molar-refractivity contribution in [2.24, 2.45) is 11.8 Å². The molecule has 1 aromatic rings. The summed E-state index contributed by atoms with van der Waals surface area (Å²) in [6.07, 6.45) is 2.68. The number of hydrogen-bond acceptors (Lipinski definition) is 3. The van der Waals surface area contributed by atoms with Crippen LogP contribution in [0.4, 0.5) is 0 Å². The highest BCUT2D eigenvalue weighted by Gasteiger charge is 2.25. The van der Waals surface area contributed by atoms with Gasteiger partial charge in [0.15, 0.2) is 0 Å². The smallest absolute Gasteiger partial charge is 0.223 e. The van der Waals surface area contributed by atoms with Crippen molar-refractivity contribution in [2.45, 2.75) is 39.2 Å². The Morgan fingerprint density at radius 3 is 2.64 bits per heavy atom. The van der Waals surface area contributed by atoms with E-state index in [4.69, 9.17) is 4.74 Å². The van der Waals surface area contributed by atoms with Gasteiger partial charge in [0, 0.05) is 12.0 Å². The normalized spacial score (nSPS) is 17.3. The summed E-state index contributed by atoms with van der Waals surface area (Å²) in [5.41, 5.74) is 1.15. The van der Waals surface area contributed by atoms with Crippen molar-refractivity contribution in [2.75, 3.05) is 20.2 Å². The van der Waals surface area contributed by atoms with E-state index >= 15 is 0 Å². The summed E-state index contributed by atoms with van der Waals surface area (Å²) < 4.78 is 5.43. The average molecular weight is 304 g/mol. The van der Waals surface area contributed by atoms with E-state index in [0.717, 1.165) is 43.7 Å². The lowest BCUT2D eigenvalue weighted by Gasteiger charge is -2.28. The van der Waals surface area contributed by atoms with Crippen LogP contribution >= 0.6 is 0 Å². The first-order chi connectivity index (χ1) is 10.6. The summed E-state index contributed by atoms with van der Waals surface area (Å²) in [5, 5.41) is 6.57. The molecule has 0 aromatic heterocycles. The minimum Gasteiger partial charge on any atom is -0.496 e. The minimum absolute atomic E-state index is 0.138. The van der Waals surface area contributed by atoms with E-state index in [1.165, 1.54) is 0 Å². The molecule has 2 N–H and O–H groups in total. The Morgan fingerprint density at radius 1 is 1.32 bits per heavy atom. The highest BCUT2D eigenvalue weighted by molar-refractivity contribution is 5.79. The molecular weight excluding hydrogens is 276 g/mol. The molecule has 1 aliphatic heterocycles. The molecular formula is C18H28N2O2. The Labute approximate surface area is 133 Å². The standard InChI is InChI=1S/C18H28N2O2/c1-13(2)16(12-15-6-4-5-7-17(15)22-3)20-18(21)14-8-10-19-11-9-14/h4-7,13-14,16,19H,8-12H2,1-3H3,(H,20,21). The van der Waals surface area contributed by atoms with Gasteiger partial charge >= 0.3 is 0 Å². The molecule has 1 fully saturated rings. The Bertz CT molecular complexity index is 482. The number of ether oxygens (including phenoxy) is 1. The minimum atomic E-state index is 0.138. The lowest BCUT2D eigenvalue weighted by atomic mass is 9.93. The molecule has 0 spiro atoms. The number of nitrogens with one attached hydrogen (secondary N) is 2. The fraction of sp³-hybridized carbons (Fsp3) is 0.611. The van der Waals surface area contributed by atoms with Crippen molar-refractivity contribution >= 4 is 5.91 Å². The van der Waals surface area contributed by atoms with Gasteiger partial charge in [0.2, 0.25) is 5.91 Å². The molecule has 0 aliphatic carbocycles. The summed E-state index contributed by atoms with van der Waals surface area (Å²) in [7, 11) is 1.69. The van der Waals surface area contributed by atoms with Gasteiger partial charge < -0.3 is 15.4 Å². The quantitative estimate of drug-likeness (QED) is 0.848. The lowest BCUT2D eigenvalue weighted by Crippen LogP contribution is -2.45. The molecule has 4 heteroatoms. The lowest BCUT2D eigenvalue weighted by molar-refractivity contribution is -0.126. The number of amides is 1. The van der Waals surface area contributed by atoms with Gasteiger partial charge in [-0.1, -0.05) is 32.0 Å². The van der Waals surface area contributed by atoms with Crippen LogP contribution in [0.25, 0.3) is 0 Å². The maximum atomic E-state index is 12.5. The second-order valence-corrected chi connectivity index (χ2v) is 6.40. The largest absolute Gasteiger partial charge is 0.496 e. The van der Waals surface area contributed by atoms with E-state index in [2.05, 4.69) is 30.5 Å². The van der Waals surface area contributed by atoms with Crippen molar-refractivity contribution in [1.82, 2.24) is 10.6 Å². The van der Waals surface area contributed by atoms with E-state index in [-0.39, 0.29) is 17.9 Å². The number of carbonyl (C=O) groups excluding carboxylic acids is 1. The summed E-state index contributed by atoms with van der Waals surface area (Å²) in [6, 6.07) is 8.18. The van der Waals surface area contributed by atoms with Crippen molar-refractivity contribution < 1.29 is 9.53 Å². The fourth-order valence-electron chi connectivity index (χ4n) is 2.95. The van der Waals surface area contributed by atoms with Gasteiger partial charge in [0.25, 0.3) is 0 Å². The predicted octanol–water partition coefficient (Wildman–Crippen LogP) is 2.38. The summed E-state index contributed by atoms with van der Waals surface area (Å²) in [4.78, 5) is 12.5. The van der Waals surface area contributed by atoms with E-state index in [9.17, 15) is 4.79 Å². The molecule has 1 saturated heterocycles. The van der Waals surface area contributed by atoms with Crippen molar-refractivity contribution in [3.8, 4) is 5.75 Å². The number of carbonyl (C=O) groups is 1. The molecule has 22 heavy (non-hydrogen) atoms. The highest BCUT2D eigenvalue weighted by atomic mass is 16.5. The first-order valence-electron chi connectivity index (χ1n) is 8.24. The average Bonchev–Trinajstić information content (AvgIpc) is 2.55. The van der Waals surface area contributed by atoms with Gasteiger partial charge in [-0.05, 0) is 49.9 Å². The van der Waals surface area contributed by atoms with Gasteiger partial charge in [0.1, 0.15) is 5.75 Å². The molecule has 1 atom stereocenters. The Balaban J connectivity index is 2.01. The summed E-state index contributed by atoms with van der Waals surface area (Å²) in [6.45, 7) is 6.19. The Morgan fingerprint density at radius 2 is 2.00 bits per heavy atom. The van der Waals surface area contributed by atoms with Gasteiger partial charge in [-0.25, -0.2) is 0 Å². The van der Waals surface area contributed by atoms with Crippen LogP contribution < -0.4 is 15.4 Å². The molecule has 1 amide bonds. The van der Waals surface area contributed by atoms with E-state index < -0.39 is 0 Å². The molecule has 1 aliphatic rings. The second-order valence-electron chi connectivity index (χ2n) is 6.40. The molecule has 4 nitrogen and oxygen atoms in total. The number of para-hydroxylation sites is 1. The first-order valence-corrected chi connectivity index (χ1v) is 8.24. The molecule has 0 radical (unpaired) electrons. The van der Waals surface area contributed by atoms with Gasteiger partial charge in [-0.15, -0.1) is 0 Å². The molecule has 122 valence electrons. The van der Waals surface area contributed by atoms with Crippen LogP contribution in [0.3, 0.4) is 0 Å². The second kappa shape index (κ2) is 8.18. The number of hydrogen-bond donors (Lipinski definition) is 2. The zero-order valence-corrected chi connectivity index (χ0v) is 13.9. The molecule has 0 bridgehead atoms. The first kappa shape index (κ1) is 16.8. The topological polar surface area (TPSA) is 50.4 Å². The van der Waals surface area contributed by atoms with Crippen molar-refractivity contribution in [3.05, 3.63) is 29.8 Å². The predicted molar refractivity (Wildman–Crippen MR) is 89.1 cm³/mol. The van der Waals surface area contributed by atoms with Crippen LogP contribution in [-0.2, 0) is 11.2 Å². The van der Waals surface area contributed by atoms with Gasteiger partial charge in [-0.2, -0.15) is 0 Å².